The minimum absolute atomic E-state index is 0.0758. The Hall–Kier alpha value is -2.06. The number of nitrogens with zero attached hydrogens (tertiary/aromatic N) is 1. The van der Waals surface area contributed by atoms with Gasteiger partial charge in [0.05, 0.1) is 34.4 Å². The van der Waals surface area contributed by atoms with Gasteiger partial charge in [-0.05, 0) is 57.8 Å². The molecular formula is C56H103NO7P+. The number of hydrogen-bond donors (Lipinski definition) is 1. The molecule has 0 aromatic heterocycles. The Kier molecular flexibility index (Phi) is 46.9. The molecule has 0 aromatic carbocycles. The van der Waals surface area contributed by atoms with Gasteiger partial charge in [-0.1, -0.05) is 228 Å². The summed E-state index contributed by atoms with van der Waals surface area (Å²) >= 11 is 0. The summed E-state index contributed by atoms with van der Waals surface area (Å²) in [5.41, 5.74) is 0. The molecule has 0 aromatic rings. The van der Waals surface area contributed by atoms with Crippen LogP contribution in [0.4, 0.5) is 0 Å². The van der Waals surface area contributed by atoms with E-state index in [0.717, 1.165) is 70.6 Å². The first-order chi connectivity index (χ1) is 31.6. The van der Waals surface area contributed by atoms with Crippen LogP contribution in [-0.2, 0) is 27.9 Å². The van der Waals surface area contributed by atoms with Crippen molar-refractivity contribution in [3.63, 3.8) is 0 Å². The Morgan fingerprint density at radius 2 is 0.877 bits per heavy atom. The van der Waals surface area contributed by atoms with Crippen molar-refractivity contribution < 1.29 is 37.3 Å². The lowest BCUT2D eigenvalue weighted by atomic mass is 10.0. The van der Waals surface area contributed by atoms with Crippen LogP contribution in [0.1, 0.15) is 219 Å². The standard InChI is InChI=1S/C56H102NO7P/c1-6-8-10-12-14-16-18-20-22-24-26-28-29-30-31-33-35-37-39-41-43-45-47-49-56(58)64-55(54-63-65(59,60)62-52-50-57(3,4)5)53-61-51-48-46-44-42-40-38-36-34-32-27-25-23-21-19-17-15-13-11-9-7-2/h9,11,15,17,21,23,27,32,36,38,42,44,55H,6-8,10,12-14,16,18-20,22,24-26,28-31,33-35,37,39-41,43,45-54H2,1-5H3/p+1/b11-9-,17-15-,23-21-,32-27-,38-36-,44-42-. The molecule has 378 valence electrons. The van der Waals surface area contributed by atoms with Gasteiger partial charge in [0.25, 0.3) is 0 Å². The number of likely N-dealkylation sites (N-methyl/N-ethyl adjacent to an activating group) is 1. The summed E-state index contributed by atoms with van der Waals surface area (Å²) in [6.45, 7) is 5.37. The number of esters is 1. The van der Waals surface area contributed by atoms with Gasteiger partial charge in [-0.25, -0.2) is 4.57 Å². The lowest BCUT2D eigenvalue weighted by molar-refractivity contribution is -0.870. The summed E-state index contributed by atoms with van der Waals surface area (Å²) in [6, 6.07) is 0. The Balaban J connectivity index is 4.19. The Labute approximate surface area is 402 Å². The molecule has 2 atom stereocenters. The SMILES string of the molecule is CC/C=C\C/C=C\C/C=C\C/C=C\C/C=C\C/C=C\CCCOCC(COP(=O)(O)OCC[N+](C)(C)C)OC(=O)CCCCCCCCCCCCCCCCCCCCCCCCC. The predicted octanol–water partition coefficient (Wildman–Crippen LogP) is 16.6. The van der Waals surface area contributed by atoms with E-state index in [1.807, 2.05) is 21.1 Å². The van der Waals surface area contributed by atoms with E-state index in [1.165, 1.54) is 128 Å². The number of rotatable bonds is 49. The van der Waals surface area contributed by atoms with Crippen molar-refractivity contribution in [1.29, 1.82) is 0 Å². The van der Waals surface area contributed by atoms with Gasteiger partial charge in [0.1, 0.15) is 19.3 Å². The van der Waals surface area contributed by atoms with E-state index in [4.69, 9.17) is 18.5 Å². The van der Waals surface area contributed by atoms with E-state index < -0.39 is 13.9 Å². The van der Waals surface area contributed by atoms with Crippen molar-refractivity contribution in [2.45, 2.75) is 225 Å². The molecule has 0 rings (SSSR count). The molecule has 0 radical (unpaired) electrons. The molecule has 0 heterocycles. The number of phosphoric acid groups is 1. The number of carbonyl (C=O) groups is 1. The monoisotopic (exact) mass is 933 g/mol. The minimum atomic E-state index is -4.30. The van der Waals surface area contributed by atoms with E-state index in [9.17, 15) is 14.3 Å². The van der Waals surface area contributed by atoms with Gasteiger partial charge < -0.3 is 18.9 Å². The van der Waals surface area contributed by atoms with Crippen molar-refractivity contribution in [1.82, 2.24) is 0 Å². The molecule has 0 aliphatic rings. The molecule has 9 heteroatoms. The number of unbranched alkanes of at least 4 members (excludes halogenated alkanes) is 23. The second-order valence-electron chi connectivity index (χ2n) is 18.9. The van der Waals surface area contributed by atoms with Gasteiger partial charge in [0.2, 0.25) is 0 Å². The van der Waals surface area contributed by atoms with Gasteiger partial charge in [0.15, 0.2) is 0 Å². The maximum atomic E-state index is 12.8. The molecule has 0 bridgehead atoms. The third-order valence-corrected chi connectivity index (χ3v) is 12.3. The van der Waals surface area contributed by atoms with Crippen molar-refractivity contribution in [3.8, 4) is 0 Å². The molecule has 0 saturated carbocycles. The highest BCUT2D eigenvalue weighted by molar-refractivity contribution is 7.47. The smallest absolute Gasteiger partial charge is 0.457 e. The van der Waals surface area contributed by atoms with E-state index in [0.29, 0.717) is 24.1 Å². The largest absolute Gasteiger partial charge is 0.472 e. The summed E-state index contributed by atoms with van der Waals surface area (Å²) in [7, 11) is 1.63. The molecular weight excluding hydrogens is 830 g/mol. The molecule has 1 N–H and O–H groups in total. The van der Waals surface area contributed by atoms with E-state index in [-0.39, 0.29) is 25.8 Å². The van der Waals surface area contributed by atoms with Crippen LogP contribution in [0.2, 0.25) is 0 Å². The predicted molar refractivity (Wildman–Crippen MR) is 279 cm³/mol. The fourth-order valence-electron chi connectivity index (χ4n) is 7.22. The summed E-state index contributed by atoms with van der Waals surface area (Å²) in [5, 5.41) is 0. The number of ether oxygens (including phenoxy) is 2. The summed E-state index contributed by atoms with van der Waals surface area (Å²) < 4.78 is 35.1. The Morgan fingerprint density at radius 3 is 1.28 bits per heavy atom. The maximum absolute atomic E-state index is 12.8. The summed E-state index contributed by atoms with van der Waals surface area (Å²) in [6.07, 6.45) is 64.0. The van der Waals surface area contributed by atoms with Crippen molar-refractivity contribution in [3.05, 3.63) is 72.9 Å². The van der Waals surface area contributed by atoms with Gasteiger partial charge >= 0.3 is 13.8 Å². The van der Waals surface area contributed by atoms with Crippen LogP contribution in [0.5, 0.6) is 0 Å². The normalized spacial score (nSPS) is 14.1. The number of phosphoric ester groups is 1. The van der Waals surface area contributed by atoms with E-state index in [2.05, 4.69) is 86.8 Å². The number of quaternary nitrogens is 1. The highest BCUT2D eigenvalue weighted by atomic mass is 31.2. The molecule has 8 nitrogen and oxygen atoms in total. The molecule has 0 saturated heterocycles. The average Bonchev–Trinajstić information content (AvgIpc) is 3.27. The topological polar surface area (TPSA) is 91.3 Å². The molecule has 0 aliphatic carbocycles. The molecule has 0 amide bonds. The van der Waals surface area contributed by atoms with Crippen molar-refractivity contribution in [2.75, 3.05) is 54.1 Å². The third kappa shape index (κ3) is 52.8. The Morgan fingerprint density at radius 1 is 0.492 bits per heavy atom. The van der Waals surface area contributed by atoms with E-state index in [1.54, 1.807) is 0 Å². The fraction of sp³-hybridized carbons (Fsp3) is 0.768. The van der Waals surface area contributed by atoms with Crippen LogP contribution in [0, 0.1) is 0 Å². The van der Waals surface area contributed by atoms with E-state index >= 15 is 0 Å². The Bertz CT molecular complexity index is 1270. The first kappa shape index (κ1) is 62.9. The van der Waals surface area contributed by atoms with Crippen LogP contribution >= 0.6 is 7.82 Å². The number of hydrogen-bond acceptors (Lipinski definition) is 6. The lowest BCUT2D eigenvalue weighted by Gasteiger charge is -2.24. The van der Waals surface area contributed by atoms with Crippen LogP contribution in [0.15, 0.2) is 72.9 Å². The van der Waals surface area contributed by atoms with Crippen LogP contribution < -0.4 is 0 Å². The maximum Gasteiger partial charge on any atom is 0.472 e. The fourth-order valence-corrected chi connectivity index (χ4v) is 7.96. The van der Waals surface area contributed by atoms with Crippen molar-refractivity contribution >= 4 is 13.8 Å². The van der Waals surface area contributed by atoms with Crippen LogP contribution in [0.25, 0.3) is 0 Å². The van der Waals surface area contributed by atoms with Crippen molar-refractivity contribution in [2.24, 2.45) is 0 Å². The zero-order valence-electron chi connectivity index (χ0n) is 43.0. The molecule has 65 heavy (non-hydrogen) atoms. The second kappa shape index (κ2) is 48.4. The van der Waals surface area contributed by atoms with Crippen LogP contribution in [0.3, 0.4) is 0 Å². The average molecular weight is 933 g/mol. The lowest BCUT2D eigenvalue weighted by Crippen LogP contribution is -2.37. The quantitative estimate of drug-likeness (QED) is 0.0214. The van der Waals surface area contributed by atoms with Gasteiger partial charge in [-0.3, -0.25) is 13.8 Å². The van der Waals surface area contributed by atoms with Gasteiger partial charge in [-0.2, -0.15) is 0 Å². The summed E-state index contributed by atoms with van der Waals surface area (Å²) in [5.74, 6) is -0.331. The highest BCUT2D eigenvalue weighted by Gasteiger charge is 2.26. The molecule has 0 spiro atoms. The molecule has 2 unspecified atom stereocenters. The highest BCUT2D eigenvalue weighted by Crippen LogP contribution is 2.43. The second-order valence-corrected chi connectivity index (χ2v) is 20.3. The minimum Gasteiger partial charge on any atom is -0.457 e. The zero-order chi connectivity index (χ0) is 47.6. The first-order valence-electron chi connectivity index (χ1n) is 26.7. The first-order valence-corrected chi connectivity index (χ1v) is 28.2. The summed E-state index contributed by atoms with van der Waals surface area (Å²) in [4.78, 5) is 23.0. The van der Waals surface area contributed by atoms with Gasteiger partial charge in [0, 0.05) is 13.0 Å². The van der Waals surface area contributed by atoms with Crippen LogP contribution in [-0.4, -0.2) is 75.6 Å². The van der Waals surface area contributed by atoms with Gasteiger partial charge in [-0.15, -0.1) is 0 Å². The molecule has 0 fully saturated rings. The number of carbonyl (C=O) groups excluding carboxylic acids is 1. The zero-order valence-corrected chi connectivity index (χ0v) is 43.9. The third-order valence-electron chi connectivity index (χ3n) is 11.3. The molecule has 0 aliphatic heterocycles. The number of allylic oxidation sites excluding steroid dienone is 12.